The Morgan fingerprint density at radius 3 is 2.17 bits per heavy atom. The lowest BCUT2D eigenvalue weighted by Gasteiger charge is -2.37. The van der Waals surface area contributed by atoms with Gasteiger partial charge in [-0.15, -0.1) is 0 Å². The monoisotopic (exact) mass is 612 g/mol. The van der Waals surface area contributed by atoms with Gasteiger partial charge in [-0.25, -0.2) is 9.78 Å². The van der Waals surface area contributed by atoms with E-state index in [4.69, 9.17) is 14.5 Å². The third kappa shape index (κ3) is 4.30. The van der Waals surface area contributed by atoms with Gasteiger partial charge in [-0.2, -0.15) is 0 Å². The van der Waals surface area contributed by atoms with Crippen molar-refractivity contribution in [2.45, 2.75) is 26.4 Å². The molecule has 2 bridgehead atoms. The first kappa shape index (κ1) is 28.4. The van der Waals surface area contributed by atoms with E-state index in [2.05, 4.69) is 12.2 Å². The molecule has 8 nitrogen and oxygen atoms in total. The number of allylic oxidation sites excluding steroid dienone is 2. The molecule has 0 radical (unpaired) electrons. The van der Waals surface area contributed by atoms with Crippen LogP contribution >= 0.6 is 0 Å². The summed E-state index contributed by atoms with van der Waals surface area (Å²) in [6.45, 7) is 3.48. The number of carbonyl (C=O) groups excluding carboxylic acids is 4. The van der Waals surface area contributed by atoms with E-state index in [1.54, 1.807) is 56.5 Å². The standard InChI is InChI=1S/C38H32N2O6/c1-19-5-4-6-27-30(38(44)46-20(2)35(41)22-9-13-24(45-3)14-10-22)18-31(39-34(19)27)21-7-11-23(12-8-21)40-36(42)32-25-15-16-26(29-17-28(25)29)33(32)37(40)43/h4-16,18,20,25-26,28-29,32-33H,17H2,1-3H3. The predicted molar refractivity (Wildman–Crippen MR) is 171 cm³/mol. The van der Waals surface area contributed by atoms with Gasteiger partial charge in [-0.3, -0.25) is 19.3 Å². The Labute approximate surface area is 266 Å². The number of imide groups is 1. The lowest BCUT2D eigenvalue weighted by Crippen LogP contribution is -2.40. The largest absolute Gasteiger partial charge is 0.497 e. The van der Waals surface area contributed by atoms with E-state index >= 15 is 0 Å². The van der Waals surface area contributed by atoms with Crippen LogP contribution in [-0.2, 0) is 14.3 Å². The number of amides is 2. The first-order chi connectivity index (χ1) is 22.2. The zero-order valence-corrected chi connectivity index (χ0v) is 25.7. The molecule has 2 heterocycles. The summed E-state index contributed by atoms with van der Waals surface area (Å²) in [6.07, 6.45) is 4.44. The Morgan fingerprint density at radius 2 is 1.54 bits per heavy atom. The smallest absolute Gasteiger partial charge is 0.339 e. The fourth-order valence-electron chi connectivity index (χ4n) is 7.97. The van der Waals surface area contributed by atoms with Gasteiger partial charge in [0, 0.05) is 16.5 Å². The second-order valence-corrected chi connectivity index (χ2v) is 12.9. The van der Waals surface area contributed by atoms with Crippen LogP contribution in [0.25, 0.3) is 22.2 Å². The quantitative estimate of drug-likeness (QED) is 0.106. The zero-order chi connectivity index (χ0) is 31.9. The van der Waals surface area contributed by atoms with Gasteiger partial charge in [0.05, 0.1) is 41.4 Å². The van der Waals surface area contributed by atoms with Crippen molar-refractivity contribution in [3.05, 3.63) is 102 Å². The molecule has 7 unspecified atom stereocenters. The number of ketones is 1. The summed E-state index contributed by atoms with van der Waals surface area (Å²) in [6, 6.07) is 21.1. The molecule has 4 aliphatic carbocycles. The van der Waals surface area contributed by atoms with Crippen molar-refractivity contribution in [2.75, 3.05) is 12.0 Å². The Kier molecular flexibility index (Phi) is 6.46. The molecule has 2 saturated carbocycles. The molecular formula is C38H32N2O6. The van der Waals surface area contributed by atoms with E-state index in [1.165, 1.54) is 4.90 Å². The average Bonchev–Trinajstić information content (AvgIpc) is 3.86. The number of ether oxygens (including phenoxy) is 2. The van der Waals surface area contributed by atoms with Gasteiger partial charge in [0.2, 0.25) is 17.6 Å². The highest BCUT2D eigenvalue weighted by Gasteiger charge is 2.67. The summed E-state index contributed by atoms with van der Waals surface area (Å²) in [7, 11) is 1.55. The number of anilines is 1. The van der Waals surface area contributed by atoms with Crippen molar-refractivity contribution in [3.63, 3.8) is 0 Å². The Hall–Kier alpha value is -5.11. The molecule has 7 atom stereocenters. The lowest BCUT2D eigenvalue weighted by molar-refractivity contribution is -0.124. The van der Waals surface area contributed by atoms with Crippen LogP contribution in [0.5, 0.6) is 5.75 Å². The third-order valence-electron chi connectivity index (χ3n) is 10.4. The first-order valence-corrected chi connectivity index (χ1v) is 15.7. The summed E-state index contributed by atoms with van der Waals surface area (Å²) in [5, 5.41) is 0.617. The minimum atomic E-state index is -1.02. The predicted octanol–water partition coefficient (Wildman–Crippen LogP) is 6.20. The molecule has 0 N–H and O–H groups in total. The normalized spacial score (nSPS) is 26.1. The minimum Gasteiger partial charge on any atom is -0.497 e. The number of carbonyl (C=O) groups is 4. The molecule has 3 aromatic carbocycles. The molecule has 5 aliphatic rings. The zero-order valence-electron chi connectivity index (χ0n) is 25.7. The van der Waals surface area contributed by atoms with Crippen molar-refractivity contribution in [1.29, 1.82) is 0 Å². The summed E-state index contributed by atoms with van der Waals surface area (Å²) >= 11 is 0. The van der Waals surface area contributed by atoms with Crippen LogP contribution in [0, 0.1) is 42.4 Å². The number of Topliss-reactive ketones (excluding diaryl/α,β-unsaturated/α-hetero) is 1. The number of methoxy groups -OCH3 is 1. The molecular weight excluding hydrogens is 580 g/mol. The molecule has 0 spiro atoms. The highest BCUT2D eigenvalue weighted by Crippen LogP contribution is 2.65. The molecule has 4 aromatic rings. The molecule has 1 aliphatic heterocycles. The number of pyridine rings is 1. The molecule has 8 heteroatoms. The Bertz CT molecular complexity index is 1950. The van der Waals surface area contributed by atoms with Crippen LogP contribution in [0.1, 0.15) is 39.6 Å². The molecule has 1 saturated heterocycles. The topological polar surface area (TPSA) is 103 Å². The van der Waals surface area contributed by atoms with E-state index in [-0.39, 0.29) is 46.8 Å². The number of rotatable bonds is 7. The second-order valence-electron chi connectivity index (χ2n) is 12.9. The van der Waals surface area contributed by atoms with Crippen LogP contribution < -0.4 is 9.64 Å². The maximum Gasteiger partial charge on any atom is 0.339 e. The van der Waals surface area contributed by atoms with Crippen molar-refractivity contribution in [2.24, 2.45) is 35.5 Å². The molecule has 1 aromatic heterocycles. The summed E-state index contributed by atoms with van der Waals surface area (Å²) in [5.41, 5.74) is 4.01. The van der Waals surface area contributed by atoms with Crippen molar-refractivity contribution < 1.29 is 28.7 Å². The number of nitrogens with zero attached hydrogens (tertiary/aromatic N) is 2. The average molecular weight is 613 g/mol. The lowest BCUT2D eigenvalue weighted by atomic mass is 9.63. The van der Waals surface area contributed by atoms with Gasteiger partial charge in [-0.05, 0) is 92.0 Å². The first-order valence-electron chi connectivity index (χ1n) is 15.7. The van der Waals surface area contributed by atoms with Gasteiger partial charge < -0.3 is 9.47 Å². The highest BCUT2D eigenvalue weighted by molar-refractivity contribution is 6.22. The molecule has 2 amide bonds. The van der Waals surface area contributed by atoms with Crippen LogP contribution in [0.2, 0.25) is 0 Å². The van der Waals surface area contributed by atoms with Crippen molar-refractivity contribution >= 4 is 40.2 Å². The fourth-order valence-corrected chi connectivity index (χ4v) is 7.97. The van der Waals surface area contributed by atoms with E-state index < -0.39 is 12.1 Å². The maximum absolute atomic E-state index is 13.6. The Morgan fingerprint density at radius 1 is 0.891 bits per heavy atom. The second kappa shape index (κ2) is 10.5. The van der Waals surface area contributed by atoms with Crippen molar-refractivity contribution in [1.82, 2.24) is 4.98 Å². The van der Waals surface area contributed by atoms with E-state index in [1.807, 2.05) is 37.3 Å². The van der Waals surface area contributed by atoms with E-state index in [0.29, 0.717) is 51.0 Å². The van der Waals surface area contributed by atoms with Crippen LogP contribution in [-0.4, -0.2) is 41.8 Å². The van der Waals surface area contributed by atoms with Crippen LogP contribution in [0.4, 0.5) is 5.69 Å². The fraction of sp³-hybridized carbons (Fsp3) is 0.289. The van der Waals surface area contributed by atoms with Gasteiger partial charge in [-0.1, -0.05) is 42.5 Å². The van der Waals surface area contributed by atoms with Gasteiger partial charge in [0.1, 0.15) is 5.75 Å². The Balaban J connectivity index is 1.08. The number of esters is 1. The van der Waals surface area contributed by atoms with Gasteiger partial charge in [0.15, 0.2) is 6.10 Å². The SMILES string of the molecule is COc1ccc(C(=O)C(C)OC(=O)c2cc(-c3ccc(N4C(=O)C5C6C=CC(C7CC67)C5C4=O)cc3)nc3c(C)cccc23)cc1. The molecule has 9 rings (SSSR count). The number of para-hydroxylation sites is 1. The van der Waals surface area contributed by atoms with E-state index in [0.717, 1.165) is 12.0 Å². The van der Waals surface area contributed by atoms with E-state index in [9.17, 15) is 19.2 Å². The number of benzene rings is 3. The molecule has 46 heavy (non-hydrogen) atoms. The number of hydrogen-bond donors (Lipinski definition) is 0. The van der Waals surface area contributed by atoms with Crippen molar-refractivity contribution in [3.8, 4) is 17.0 Å². The number of aromatic nitrogens is 1. The molecule has 3 fully saturated rings. The third-order valence-corrected chi connectivity index (χ3v) is 10.4. The summed E-state index contributed by atoms with van der Waals surface area (Å²) in [4.78, 5) is 60.1. The minimum absolute atomic E-state index is 0.102. The number of hydrogen-bond acceptors (Lipinski definition) is 7. The van der Waals surface area contributed by atoms with Gasteiger partial charge in [0.25, 0.3) is 0 Å². The maximum atomic E-state index is 13.6. The summed E-state index contributed by atoms with van der Waals surface area (Å²) in [5.74, 6) is 0.353. The van der Waals surface area contributed by atoms with Gasteiger partial charge >= 0.3 is 5.97 Å². The van der Waals surface area contributed by atoms with Crippen LogP contribution in [0.3, 0.4) is 0 Å². The van der Waals surface area contributed by atoms with Crippen LogP contribution in [0.15, 0.2) is 84.9 Å². The highest BCUT2D eigenvalue weighted by atomic mass is 16.5. The molecule has 230 valence electrons. The number of aryl methyl sites for hydroxylation is 1. The summed E-state index contributed by atoms with van der Waals surface area (Å²) < 4.78 is 10.9. The number of fused-ring (bicyclic) bond motifs is 1.